The molecule has 0 aliphatic carbocycles. The summed E-state index contributed by atoms with van der Waals surface area (Å²) in [5, 5.41) is 0. The van der Waals surface area contributed by atoms with E-state index >= 15 is 0 Å². The van der Waals surface area contributed by atoms with Crippen LogP contribution in [-0.4, -0.2) is 34.6 Å². The van der Waals surface area contributed by atoms with E-state index in [0.29, 0.717) is 11.5 Å². The van der Waals surface area contributed by atoms with Crippen molar-refractivity contribution in [3.05, 3.63) is 30.1 Å². The van der Waals surface area contributed by atoms with E-state index in [0.717, 1.165) is 0 Å². The number of nitrogen functional groups attached to an aromatic ring is 2. The molecule has 9 heteroatoms. The molecule has 0 aliphatic heterocycles. The van der Waals surface area contributed by atoms with E-state index in [-0.39, 0.29) is 30.9 Å². The number of ether oxygens (including phenoxy) is 3. The molecule has 0 aliphatic rings. The van der Waals surface area contributed by atoms with Gasteiger partial charge >= 0.3 is 5.97 Å². The Balaban J connectivity index is 1.85. The molecule has 1 aromatic heterocycles. The summed E-state index contributed by atoms with van der Waals surface area (Å²) in [6.07, 6.45) is 0. The Hall–Kier alpha value is -3.10. The Morgan fingerprint density at radius 3 is 2.36 bits per heavy atom. The third-order valence-corrected chi connectivity index (χ3v) is 2.49. The minimum Gasteiger partial charge on any atom is -0.493 e. The summed E-state index contributed by atoms with van der Waals surface area (Å²) < 4.78 is 15.4. The van der Waals surface area contributed by atoms with Crippen LogP contribution in [0.25, 0.3) is 0 Å². The van der Waals surface area contributed by atoms with Crippen molar-refractivity contribution >= 4 is 17.9 Å². The third kappa shape index (κ3) is 4.20. The van der Waals surface area contributed by atoms with E-state index in [1.165, 1.54) is 7.11 Å². The molecule has 2 aromatic rings. The highest BCUT2D eigenvalue weighted by Gasteiger charge is 2.10. The second-order valence-electron chi connectivity index (χ2n) is 4.07. The fourth-order valence-corrected chi connectivity index (χ4v) is 1.58. The quantitative estimate of drug-likeness (QED) is 0.715. The largest absolute Gasteiger partial charge is 0.493 e. The predicted octanol–water partition coefficient (Wildman–Crippen LogP) is 0.167. The van der Waals surface area contributed by atoms with E-state index in [1.54, 1.807) is 24.3 Å². The summed E-state index contributed by atoms with van der Waals surface area (Å²) in [5.74, 6) is 0.454. The molecule has 0 saturated carbocycles. The lowest BCUT2D eigenvalue weighted by atomic mass is 10.3. The number of anilines is 2. The number of rotatable bonds is 6. The number of hydrogen-bond donors (Lipinski definition) is 2. The van der Waals surface area contributed by atoms with Crippen LogP contribution in [0.2, 0.25) is 0 Å². The van der Waals surface area contributed by atoms with Gasteiger partial charge < -0.3 is 25.7 Å². The maximum atomic E-state index is 11.6. The average Bonchev–Trinajstić information content (AvgIpc) is 2.50. The topological polar surface area (TPSA) is 135 Å². The van der Waals surface area contributed by atoms with Crippen molar-refractivity contribution in [2.75, 3.05) is 25.2 Å². The maximum absolute atomic E-state index is 11.6. The first-order chi connectivity index (χ1) is 10.6. The van der Waals surface area contributed by atoms with Crippen LogP contribution in [-0.2, 0) is 16.1 Å². The minimum atomic E-state index is -0.594. The molecule has 1 aromatic carbocycles. The first-order valence-corrected chi connectivity index (χ1v) is 6.26. The van der Waals surface area contributed by atoms with Gasteiger partial charge in [-0.25, -0.2) is 4.79 Å². The highest BCUT2D eigenvalue weighted by atomic mass is 16.6. The number of carbonyl (C=O) groups is 1. The fourth-order valence-electron chi connectivity index (χ4n) is 1.58. The molecule has 4 N–H and O–H groups in total. The lowest BCUT2D eigenvalue weighted by molar-refractivity contribution is -0.147. The van der Waals surface area contributed by atoms with Gasteiger partial charge in [0, 0.05) is 0 Å². The number of benzene rings is 1. The van der Waals surface area contributed by atoms with Crippen LogP contribution in [0.1, 0.15) is 5.82 Å². The van der Waals surface area contributed by atoms with Gasteiger partial charge in [-0.2, -0.15) is 15.0 Å². The molecule has 0 radical (unpaired) electrons. The van der Waals surface area contributed by atoms with Gasteiger partial charge in [-0.05, 0) is 12.1 Å². The second-order valence-corrected chi connectivity index (χ2v) is 4.07. The van der Waals surface area contributed by atoms with Crippen molar-refractivity contribution in [1.82, 2.24) is 15.0 Å². The fraction of sp³-hybridized carbons (Fsp3) is 0.231. The molecular formula is C13H15N5O4. The monoisotopic (exact) mass is 305 g/mol. The Morgan fingerprint density at radius 1 is 1.09 bits per heavy atom. The molecule has 0 unspecified atom stereocenters. The van der Waals surface area contributed by atoms with Crippen LogP contribution in [0.3, 0.4) is 0 Å². The summed E-state index contributed by atoms with van der Waals surface area (Å²) in [6, 6.07) is 6.95. The van der Waals surface area contributed by atoms with Crippen molar-refractivity contribution in [3.8, 4) is 11.5 Å². The number of hydrogen-bond acceptors (Lipinski definition) is 9. The number of nitrogens with two attached hydrogens (primary N) is 2. The van der Waals surface area contributed by atoms with Gasteiger partial charge in [0.1, 0.15) is 0 Å². The number of para-hydroxylation sites is 2. The first-order valence-electron chi connectivity index (χ1n) is 6.26. The molecule has 0 fully saturated rings. The molecule has 0 bridgehead atoms. The van der Waals surface area contributed by atoms with Crippen molar-refractivity contribution in [1.29, 1.82) is 0 Å². The SMILES string of the molecule is COc1ccccc1OCC(=O)OCc1nc(N)nc(N)n1. The molecule has 0 saturated heterocycles. The zero-order valence-corrected chi connectivity index (χ0v) is 11.9. The van der Waals surface area contributed by atoms with Crippen molar-refractivity contribution in [3.63, 3.8) is 0 Å². The van der Waals surface area contributed by atoms with Gasteiger partial charge in [0.15, 0.2) is 30.5 Å². The van der Waals surface area contributed by atoms with Gasteiger partial charge in [-0.1, -0.05) is 12.1 Å². The van der Waals surface area contributed by atoms with Gasteiger partial charge in [0.2, 0.25) is 11.9 Å². The molecule has 22 heavy (non-hydrogen) atoms. The Labute approximate surface area is 126 Å². The predicted molar refractivity (Wildman–Crippen MR) is 76.9 cm³/mol. The Kier molecular flexibility index (Phi) is 4.91. The van der Waals surface area contributed by atoms with Gasteiger partial charge in [0.05, 0.1) is 7.11 Å². The molecule has 2 rings (SSSR count). The van der Waals surface area contributed by atoms with Gasteiger partial charge in [0.25, 0.3) is 0 Å². The number of esters is 1. The third-order valence-electron chi connectivity index (χ3n) is 2.49. The molecule has 1 heterocycles. The second kappa shape index (κ2) is 7.07. The zero-order valence-electron chi connectivity index (χ0n) is 11.9. The van der Waals surface area contributed by atoms with E-state index in [1.807, 2.05) is 0 Å². The van der Waals surface area contributed by atoms with E-state index < -0.39 is 5.97 Å². The molecule has 116 valence electrons. The van der Waals surface area contributed by atoms with E-state index in [9.17, 15) is 4.79 Å². The molecule has 0 amide bonds. The first kappa shape index (κ1) is 15.3. The molecular weight excluding hydrogens is 290 g/mol. The van der Waals surface area contributed by atoms with Crippen molar-refractivity contribution in [2.24, 2.45) is 0 Å². The highest BCUT2D eigenvalue weighted by Crippen LogP contribution is 2.25. The van der Waals surface area contributed by atoms with Crippen LogP contribution in [0, 0.1) is 0 Å². The molecule has 0 atom stereocenters. The standard InChI is InChI=1S/C13H15N5O4/c1-20-8-4-2-3-5-9(8)21-7-11(19)22-6-10-16-12(14)18-13(15)17-10/h2-5H,6-7H2,1H3,(H4,14,15,16,17,18). The van der Waals surface area contributed by atoms with Gasteiger partial charge in [-0.3, -0.25) is 0 Å². The Morgan fingerprint density at radius 2 is 1.73 bits per heavy atom. The number of methoxy groups -OCH3 is 1. The summed E-state index contributed by atoms with van der Waals surface area (Å²) in [5.41, 5.74) is 10.8. The van der Waals surface area contributed by atoms with E-state index in [2.05, 4.69) is 15.0 Å². The smallest absolute Gasteiger partial charge is 0.344 e. The molecule has 0 spiro atoms. The van der Waals surface area contributed by atoms with Crippen LogP contribution in [0.5, 0.6) is 11.5 Å². The Bertz CT molecular complexity index is 644. The lowest BCUT2D eigenvalue weighted by Gasteiger charge is -2.10. The van der Waals surface area contributed by atoms with Crippen LogP contribution in [0.4, 0.5) is 11.9 Å². The lowest BCUT2D eigenvalue weighted by Crippen LogP contribution is -2.16. The van der Waals surface area contributed by atoms with Crippen molar-refractivity contribution in [2.45, 2.75) is 6.61 Å². The summed E-state index contributed by atoms with van der Waals surface area (Å²) in [4.78, 5) is 22.8. The summed E-state index contributed by atoms with van der Waals surface area (Å²) >= 11 is 0. The minimum absolute atomic E-state index is 0.0381. The average molecular weight is 305 g/mol. The van der Waals surface area contributed by atoms with Crippen LogP contribution < -0.4 is 20.9 Å². The van der Waals surface area contributed by atoms with E-state index in [4.69, 9.17) is 25.7 Å². The number of carbonyl (C=O) groups excluding carboxylic acids is 1. The summed E-state index contributed by atoms with van der Waals surface area (Å²) in [7, 11) is 1.51. The number of aromatic nitrogens is 3. The molecule has 9 nitrogen and oxygen atoms in total. The normalized spacial score (nSPS) is 10.0. The van der Waals surface area contributed by atoms with Gasteiger partial charge in [-0.15, -0.1) is 0 Å². The summed E-state index contributed by atoms with van der Waals surface area (Å²) in [6.45, 7) is -0.457. The van der Waals surface area contributed by atoms with Crippen molar-refractivity contribution < 1.29 is 19.0 Å². The zero-order chi connectivity index (χ0) is 15.9. The number of nitrogens with zero attached hydrogens (tertiary/aromatic N) is 3. The highest BCUT2D eigenvalue weighted by molar-refractivity contribution is 5.71. The maximum Gasteiger partial charge on any atom is 0.344 e. The van der Waals surface area contributed by atoms with Crippen LogP contribution in [0.15, 0.2) is 24.3 Å². The van der Waals surface area contributed by atoms with Crippen LogP contribution >= 0.6 is 0 Å².